The van der Waals surface area contributed by atoms with Crippen LogP contribution in [0.1, 0.15) is 43.9 Å². The highest BCUT2D eigenvalue weighted by molar-refractivity contribution is 6.11. The summed E-state index contributed by atoms with van der Waals surface area (Å²) in [5.74, 6) is 2.23. The van der Waals surface area contributed by atoms with Crippen LogP contribution in [-0.2, 0) is 20.7 Å². The zero-order chi connectivity index (χ0) is 24.7. The normalized spacial score (nSPS) is 27.9. The number of hydrogen-bond acceptors (Lipinski definition) is 5. The summed E-state index contributed by atoms with van der Waals surface area (Å²) in [6.45, 7) is 4.87. The van der Waals surface area contributed by atoms with Gasteiger partial charge >= 0.3 is 0 Å². The van der Waals surface area contributed by atoms with Crippen LogP contribution in [-0.4, -0.2) is 43.5 Å². The van der Waals surface area contributed by atoms with Crippen LogP contribution < -0.4 is 9.47 Å². The predicted octanol–water partition coefficient (Wildman–Crippen LogP) is 4.73. The number of rotatable bonds is 6. The Kier molecular flexibility index (Phi) is 6.30. The number of ether oxygens (including phenoxy) is 3. The number of hydrogen-bond donors (Lipinski definition) is 0. The smallest absolute Gasteiger partial charge is 0.290 e. The highest BCUT2D eigenvalue weighted by Gasteiger charge is 2.53. The van der Waals surface area contributed by atoms with Gasteiger partial charge in [0.1, 0.15) is 6.10 Å². The third-order valence-electron chi connectivity index (χ3n) is 8.01. The molecule has 6 heteroatoms. The van der Waals surface area contributed by atoms with Crippen LogP contribution in [0.4, 0.5) is 0 Å². The van der Waals surface area contributed by atoms with Gasteiger partial charge in [0.15, 0.2) is 23.0 Å². The zero-order valence-electron chi connectivity index (χ0n) is 20.8. The molecule has 0 N–H and O–H groups in total. The average Bonchev–Trinajstić information content (AvgIpc) is 3.16. The number of ketones is 1. The lowest BCUT2D eigenvalue weighted by Gasteiger charge is -2.40. The van der Waals surface area contributed by atoms with E-state index in [2.05, 4.69) is 13.8 Å². The number of benzene rings is 2. The van der Waals surface area contributed by atoms with Gasteiger partial charge in [0.2, 0.25) is 0 Å². The maximum atomic E-state index is 13.8. The fourth-order valence-corrected chi connectivity index (χ4v) is 5.81. The van der Waals surface area contributed by atoms with E-state index >= 15 is 0 Å². The average molecular weight is 476 g/mol. The first-order valence-corrected chi connectivity index (χ1v) is 12.4. The molecular weight excluding hydrogens is 442 g/mol. The molecule has 1 saturated carbocycles. The molecule has 2 aromatic rings. The molecule has 35 heavy (non-hydrogen) atoms. The Balaban J connectivity index is 1.46. The summed E-state index contributed by atoms with van der Waals surface area (Å²) in [5, 5.41) is 0. The van der Waals surface area contributed by atoms with E-state index in [1.807, 2.05) is 48.5 Å². The van der Waals surface area contributed by atoms with E-state index in [9.17, 15) is 9.59 Å². The summed E-state index contributed by atoms with van der Waals surface area (Å²) < 4.78 is 17.1. The molecule has 5 rings (SSSR count). The largest absolute Gasteiger partial charge is 0.493 e. The van der Waals surface area contributed by atoms with Crippen LogP contribution in [0.2, 0.25) is 0 Å². The van der Waals surface area contributed by atoms with E-state index in [0.29, 0.717) is 41.9 Å². The first-order valence-electron chi connectivity index (χ1n) is 12.4. The van der Waals surface area contributed by atoms with Gasteiger partial charge in [-0.1, -0.05) is 50.2 Å². The number of amides is 1. The number of methoxy groups -OCH3 is 2. The van der Waals surface area contributed by atoms with E-state index in [0.717, 1.165) is 24.0 Å². The van der Waals surface area contributed by atoms with Gasteiger partial charge in [-0.15, -0.1) is 0 Å². The molecule has 2 heterocycles. The summed E-state index contributed by atoms with van der Waals surface area (Å²) >= 11 is 0. The number of Topliss-reactive ketones (excluding diaryl/α,β-unsaturated/α-hetero) is 1. The number of carbonyl (C=O) groups is 2. The van der Waals surface area contributed by atoms with Crippen molar-refractivity contribution in [1.29, 1.82) is 0 Å². The van der Waals surface area contributed by atoms with Gasteiger partial charge in [-0.2, -0.15) is 0 Å². The molecule has 3 aliphatic rings. The second-order valence-electron chi connectivity index (χ2n) is 10.0. The first kappa shape index (κ1) is 23.5. The number of nitrogens with zero attached hydrogens (tertiary/aromatic N) is 1. The molecule has 0 spiro atoms. The molecule has 5 atom stereocenters. The van der Waals surface area contributed by atoms with E-state index in [1.54, 1.807) is 19.1 Å². The maximum absolute atomic E-state index is 13.8. The van der Waals surface area contributed by atoms with Crippen molar-refractivity contribution in [2.75, 3.05) is 20.8 Å². The van der Waals surface area contributed by atoms with Crippen LogP contribution >= 0.6 is 0 Å². The van der Waals surface area contributed by atoms with Crippen molar-refractivity contribution in [3.05, 3.63) is 71.0 Å². The van der Waals surface area contributed by atoms with E-state index in [-0.39, 0.29) is 29.5 Å². The van der Waals surface area contributed by atoms with Crippen molar-refractivity contribution in [3.63, 3.8) is 0 Å². The van der Waals surface area contributed by atoms with Crippen LogP contribution in [0.15, 0.2) is 59.9 Å². The van der Waals surface area contributed by atoms with Crippen molar-refractivity contribution >= 4 is 11.7 Å². The van der Waals surface area contributed by atoms with Gasteiger partial charge in [0.05, 0.1) is 31.8 Å². The SMILES string of the molecule is COc1ccc(CCN2C(=O)C3=C(C(=O)C4CC(C)C(C)CC4O3)C2c2ccccc2)cc1OC. The van der Waals surface area contributed by atoms with Crippen LogP contribution in [0.25, 0.3) is 0 Å². The number of fused-ring (bicyclic) bond motifs is 1. The van der Waals surface area contributed by atoms with Crippen molar-refractivity contribution in [2.24, 2.45) is 17.8 Å². The van der Waals surface area contributed by atoms with Crippen molar-refractivity contribution in [1.82, 2.24) is 4.90 Å². The Morgan fingerprint density at radius 3 is 2.37 bits per heavy atom. The Morgan fingerprint density at radius 2 is 1.66 bits per heavy atom. The molecule has 1 fully saturated rings. The first-order chi connectivity index (χ1) is 16.9. The molecule has 2 aliphatic heterocycles. The second kappa shape index (κ2) is 9.40. The fourth-order valence-electron chi connectivity index (χ4n) is 5.81. The minimum absolute atomic E-state index is 0.0887. The Hall–Kier alpha value is -3.28. The van der Waals surface area contributed by atoms with Gasteiger partial charge in [0.25, 0.3) is 5.91 Å². The van der Waals surface area contributed by atoms with Crippen molar-refractivity contribution in [2.45, 2.75) is 45.3 Å². The molecule has 0 aromatic heterocycles. The molecule has 0 radical (unpaired) electrons. The van der Waals surface area contributed by atoms with Crippen molar-refractivity contribution in [3.8, 4) is 11.5 Å². The molecule has 1 aliphatic carbocycles. The summed E-state index contributed by atoms with van der Waals surface area (Å²) in [4.78, 5) is 29.3. The van der Waals surface area contributed by atoms with E-state index in [1.165, 1.54) is 0 Å². The van der Waals surface area contributed by atoms with E-state index in [4.69, 9.17) is 14.2 Å². The van der Waals surface area contributed by atoms with Crippen LogP contribution in [0.5, 0.6) is 11.5 Å². The third kappa shape index (κ3) is 4.09. The monoisotopic (exact) mass is 475 g/mol. The van der Waals surface area contributed by atoms with Crippen LogP contribution in [0, 0.1) is 17.8 Å². The number of carbonyl (C=O) groups excluding carboxylic acids is 2. The lowest BCUT2D eigenvalue weighted by atomic mass is 9.70. The minimum Gasteiger partial charge on any atom is -0.493 e. The lowest BCUT2D eigenvalue weighted by molar-refractivity contribution is -0.137. The second-order valence-corrected chi connectivity index (χ2v) is 10.0. The molecule has 6 nitrogen and oxygen atoms in total. The highest BCUT2D eigenvalue weighted by atomic mass is 16.5. The summed E-state index contributed by atoms with van der Waals surface area (Å²) in [7, 11) is 3.22. The van der Waals surface area contributed by atoms with Gasteiger partial charge < -0.3 is 19.1 Å². The zero-order valence-corrected chi connectivity index (χ0v) is 20.8. The van der Waals surface area contributed by atoms with Gasteiger partial charge in [0, 0.05) is 6.54 Å². The summed E-state index contributed by atoms with van der Waals surface area (Å²) in [5.41, 5.74) is 2.50. The summed E-state index contributed by atoms with van der Waals surface area (Å²) in [6, 6.07) is 15.2. The quantitative estimate of drug-likeness (QED) is 0.604. The Bertz CT molecular complexity index is 1160. The Morgan fingerprint density at radius 1 is 0.943 bits per heavy atom. The predicted molar refractivity (Wildman–Crippen MR) is 132 cm³/mol. The fraction of sp³-hybridized carbons (Fsp3) is 0.448. The molecule has 1 amide bonds. The van der Waals surface area contributed by atoms with E-state index < -0.39 is 6.04 Å². The molecule has 5 unspecified atom stereocenters. The Labute approximate surface area is 206 Å². The molecule has 184 valence electrons. The molecule has 0 bridgehead atoms. The standard InChI is InChI=1S/C29H33NO5/c1-17-14-21-23(15-18(17)2)35-28-25(27(21)31)26(20-8-6-5-7-9-20)30(29(28)32)13-12-19-10-11-22(33-3)24(16-19)34-4/h5-11,16-18,21,23,26H,12-15H2,1-4H3. The molecule has 2 aromatic carbocycles. The van der Waals surface area contributed by atoms with Crippen molar-refractivity contribution < 1.29 is 23.8 Å². The van der Waals surface area contributed by atoms with Gasteiger partial charge in [-0.3, -0.25) is 9.59 Å². The lowest BCUT2D eigenvalue weighted by Crippen LogP contribution is -2.43. The third-order valence-corrected chi connectivity index (χ3v) is 8.01. The van der Waals surface area contributed by atoms with Crippen LogP contribution in [0.3, 0.4) is 0 Å². The highest BCUT2D eigenvalue weighted by Crippen LogP contribution is 2.48. The summed E-state index contributed by atoms with van der Waals surface area (Å²) in [6.07, 6.45) is 2.02. The maximum Gasteiger partial charge on any atom is 0.290 e. The van der Waals surface area contributed by atoms with Gasteiger partial charge in [-0.05, 0) is 54.4 Å². The van der Waals surface area contributed by atoms with Gasteiger partial charge in [-0.25, -0.2) is 0 Å². The molecular formula is C29H33NO5. The minimum atomic E-state index is -0.429. The molecule has 0 saturated heterocycles. The topological polar surface area (TPSA) is 65.1 Å².